The van der Waals surface area contributed by atoms with Crippen molar-refractivity contribution in [1.29, 1.82) is 0 Å². The van der Waals surface area contributed by atoms with E-state index in [-0.39, 0.29) is 11.7 Å². The smallest absolute Gasteiger partial charge is 0.241 e. The average Bonchev–Trinajstić information content (AvgIpc) is 2.29. The number of nitrogen functional groups attached to an aromatic ring is 1. The fraction of sp³-hybridized carbons (Fsp3) is 0.143. The lowest BCUT2D eigenvalue weighted by molar-refractivity contribution is 0.461. The van der Waals surface area contributed by atoms with Gasteiger partial charge in [0, 0.05) is 12.4 Å². The minimum atomic E-state index is -0.0712. The topological polar surface area (TPSA) is 76.4 Å². The Balaban J connectivity index is 2.99. The maximum Gasteiger partial charge on any atom is 0.241 e. The molecule has 2 rings (SSSR count). The first kappa shape index (κ1) is 6.90. The molecule has 0 amide bonds. The number of aryl methyl sites for hydroxylation is 1. The van der Waals surface area contributed by atoms with E-state index < -0.39 is 0 Å². The lowest BCUT2D eigenvalue weighted by atomic mass is 10.5. The summed E-state index contributed by atoms with van der Waals surface area (Å²) in [5.41, 5.74) is 6.01. The Morgan fingerprint density at radius 2 is 2.33 bits per heavy atom. The van der Waals surface area contributed by atoms with Gasteiger partial charge in [-0.2, -0.15) is 4.98 Å². The molecule has 0 atom stereocenters. The summed E-state index contributed by atoms with van der Waals surface area (Å²) in [4.78, 5) is 7.69. The summed E-state index contributed by atoms with van der Waals surface area (Å²) in [7, 11) is 0. The van der Waals surface area contributed by atoms with E-state index in [1.807, 2.05) is 0 Å². The van der Waals surface area contributed by atoms with Crippen molar-refractivity contribution >= 4 is 11.3 Å². The van der Waals surface area contributed by atoms with E-state index in [2.05, 4.69) is 9.97 Å². The minimum Gasteiger partial charge on any atom is -0.492 e. The number of fused-ring (bicyclic) bond motifs is 1. The van der Waals surface area contributed by atoms with Gasteiger partial charge in [0.1, 0.15) is 5.82 Å². The molecular weight excluding hydrogens is 156 g/mol. The molecule has 0 fully saturated rings. The van der Waals surface area contributed by atoms with E-state index in [0.29, 0.717) is 11.3 Å². The van der Waals surface area contributed by atoms with Gasteiger partial charge >= 0.3 is 0 Å². The number of aromatic nitrogens is 3. The van der Waals surface area contributed by atoms with Gasteiger partial charge in [-0.3, -0.25) is 4.40 Å². The number of anilines is 1. The minimum absolute atomic E-state index is 0.0712. The van der Waals surface area contributed by atoms with Crippen LogP contribution in [0.15, 0.2) is 12.4 Å². The third-order valence-corrected chi connectivity index (χ3v) is 1.74. The molecule has 5 heteroatoms. The monoisotopic (exact) mass is 164 g/mol. The molecule has 3 N–H and O–H groups in total. The first-order valence-electron chi connectivity index (χ1n) is 3.48. The van der Waals surface area contributed by atoms with Gasteiger partial charge in [-0.1, -0.05) is 0 Å². The molecule has 2 aromatic heterocycles. The summed E-state index contributed by atoms with van der Waals surface area (Å²) in [5.74, 6) is 0.908. The molecule has 2 aromatic rings. The number of nitrogens with zero attached hydrogens (tertiary/aromatic N) is 3. The van der Waals surface area contributed by atoms with Crippen LogP contribution >= 0.6 is 0 Å². The zero-order valence-electron chi connectivity index (χ0n) is 6.52. The molecule has 12 heavy (non-hydrogen) atoms. The average molecular weight is 164 g/mol. The second-order valence-electron chi connectivity index (χ2n) is 2.51. The van der Waals surface area contributed by atoms with Crippen molar-refractivity contribution in [3.8, 4) is 5.88 Å². The van der Waals surface area contributed by atoms with Gasteiger partial charge in [0.15, 0.2) is 11.3 Å². The van der Waals surface area contributed by atoms with Gasteiger partial charge in [-0.25, -0.2) is 4.98 Å². The van der Waals surface area contributed by atoms with Crippen molar-refractivity contribution < 1.29 is 5.11 Å². The normalized spacial score (nSPS) is 10.8. The van der Waals surface area contributed by atoms with Crippen LogP contribution in [0, 0.1) is 6.92 Å². The van der Waals surface area contributed by atoms with Crippen LogP contribution in [0.2, 0.25) is 0 Å². The molecule has 0 radical (unpaired) electrons. The maximum absolute atomic E-state index is 9.32. The molecule has 0 aliphatic rings. The summed E-state index contributed by atoms with van der Waals surface area (Å²) < 4.78 is 1.69. The first-order valence-corrected chi connectivity index (χ1v) is 3.48. The number of imidazole rings is 1. The second-order valence-corrected chi connectivity index (χ2v) is 2.51. The quantitative estimate of drug-likeness (QED) is 0.588. The molecule has 0 saturated heterocycles. The SMILES string of the molecule is Cc1nc(O)c2c(N)nccn12. The predicted molar refractivity (Wildman–Crippen MR) is 43.8 cm³/mol. The van der Waals surface area contributed by atoms with Crippen molar-refractivity contribution in [2.75, 3.05) is 5.73 Å². The van der Waals surface area contributed by atoms with Gasteiger partial charge in [-0.05, 0) is 6.92 Å². The van der Waals surface area contributed by atoms with Crippen molar-refractivity contribution in [3.05, 3.63) is 18.2 Å². The Hall–Kier alpha value is -1.78. The van der Waals surface area contributed by atoms with Crippen molar-refractivity contribution in [2.24, 2.45) is 0 Å². The predicted octanol–water partition coefficient (Wildman–Crippen LogP) is 0.326. The highest BCUT2D eigenvalue weighted by Gasteiger charge is 2.09. The van der Waals surface area contributed by atoms with Crippen LogP contribution in [0.4, 0.5) is 5.82 Å². The van der Waals surface area contributed by atoms with Crippen molar-refractivity contribution in [1.82, 2.24) is 14.4 Å². The highest BCUT2D eigenvalue weighted by atomic mass is 16.3. The Bertz CT molecular complexity index is 434. The number of nitrogens with two attached hydrogens (primary N) is 1. The van der Waals surface area contributed by atoms with E-state index in [1.165, 1.54) is 0 Å². The molecule has 0 aliphatic heterocycles. The molecular formula is C7H8N4O. The summed E-state index contributed by atoms with van der Waals surface area (Å²) in [6.07, 6.45) is 3.27. The number of hydrogen-bond acceptors (Lipinski definition) is 4. The third-order valence-electron chi connectivity index (χ3n) is 1.74. The number of aromatic hydroxyl groups is 1. The van der Waals surface area contributed by atoms with Crippen molar-refractivity contribution in [2.45, 2.75) is 6.92 Å². The molecule has 62 valence electrons. The Kier molecular flexibility index (Phi) is 1.21. The van der Waals surface area contributed by atoms with Gasteiger partial charge < -0.3 is 10.8 Å². The lowest BCUT2D eigenvalue weighted by Gasteiger charge is -1.96. The molecule has 0 saturated carbocycles. The second kappa shape index (κ2) is 2.10. The third kappa shape index (κ3) is 0.730. The molecule has 0 aromatic carbocycles. The zero-order valence-corrected chi connectivity index (χ0v) is 6.52. The van der Waals surface area contributed by atoms with Crippen molar-refractivity contribution in [3.63, 3.8) is 0 Å². The largest absolute Gasteiger partial charge is 0.492 e. The number of hydrogen-bond donors (Lipinski definition) is 2. The molecule has 5 nitrogen and oxygen atoms in total. The van der Waals surface area contributed by atoms with Gasteiger partial charge in [0.05, 0.1) is 0 Å². The van der Waals surface area contributed by atoms with Crippen LogP contribution in [-0.4, -0.2) is 19.5 Å². The van der Waals surface area contributed by atoms with Crippen LogP contribution in [0.25, 0.3) is 5.52 Å². The van der Waals surface area contributed by atoms with E-state index in [4.69, 9.17) is 5.73 Å². The maximum atomic E-state index is 9.32. The van der Waals surface area contributed by atoms with E-state index in [1.54, 1.807) is 23.7 Å². The Labute approximate surface area is 68.5 Å². The highest BCUT2D eigenvalue weighted by Crippen LogP contribution is 2.21. The summed E-state index contributed by atoms with van der Waals surface area (Å²) in [6.45, 7) is 1.78. The summed E-state index contributed by atoms with van der Waals surface area (Å²) >= 11 is 0. The molecule has 0 unspecified atom stereocenters. The lowest BCUT2D eigenvalue weighted by Crippen LogP contribution is -1.95. The van der Waals surface area contributed by atoms with Gasteiger partial charge in [0.25, 0.3) is 0 Å². The van der Waals surface area contributed by atoms with E-state index in [0.717, 1.165) is 0 Å². The van der Waals surface area contributed by atoms with E-state index in [9.17, 15) is 5.11 Å². The van der Waals surface area contributed by atoms with Crippen LogP contribution < -0.4 is 5.73 Å². The van der Waals surface area contributed by atoms with Gasteiger partial charge in [0.2, 0.25) is 5.88 Å². The van der Waals surface area contributed by atoms with E-state index >= 15 is 0 Å². The highest BCUT2D eigenvalue weighted by molar-refractivity contribution is 5.71. The summed E-state index contributed by atoms with van der Waals surface area (Å²) in [6, 6.07) is 0. The zero-order chi connectivity index (χ0) is 8.72. The molecule has 0 bridgehead atoms. The number of rotatable bonds is 0. The van der Waals surface area contributed by atoms with Gasteiger partial charge in [-0.15, -0.1) is 0 Å². The summed E-state index contributed by atoms with van der Waals surface area (Å²) in [5, 5.41) is 9.32. The Morgan fingerprint density at radius 3 is 3.00 bits per heavy atom. The van der Waals surface area contributed by atoms with Crippen LogP contribution in [-0.2, 0) is 0 Å². The van der Waals surface area contributed by atoms with Crippen LogP contribution in [0.3, 0.4) is 0 Å². The fourth-order valence-corrected chi connectivity index (χ4v) is 1.19. The molecule has 2 heterocycles. The van der Waals surface area contributed by atoms with Crippen LogP contribution in [0.1, 0.15) is 5.82 Å². The fourth-order valence-electron chi connectivity index (χ4n) is 1.19. The van der Waals surface area contributed by atoms with Crippen LogP contribution in [0.5, 0.6) is 5.88 Å². The molecule has 0 aliphatic carbocycles. The standard InChI is InChI=1S/C7H8N4O/c1-4-10-7(12)5-6(8)9-2-3-11(4)5/h2-3,12H,1H3,(H2,8,9). The molecule has 0 spiro atoms. The first-order chi connectivity index (χ1) is 5.70. The Morgan fingerprint density at radius 1 is 1.58 bits per heavy atom.